The van der Waals surface area contributed by atoms with Gasteiger partial charge in [-0.25, -0.2) is 18.4 Å². The zero-order valence-electron chi connectivity index (χ0n) is 11.5. The number of rotatable bonds is 3. The van der Waals surface area contributed by atoms with Crippen LogP contribution in [0.15, 0.2) is 68.1 Å². The van der Waals surface area contributed by atoms with Crippen molar-refractivity contribution < 1.29 is 8.42 Å². The van der Waals surface area contributed by atoms with Gasteiger partial charge in [-0.15, -0.1) is 0 Å². The lowest BCUT2D eigenvalue weighted by Crippen LogP contribution is -1.97. The third kappa shape index (κ3) is 3.31. The summed E-state index contributed by atoms with van der Waals surface area (Å²) in [6, 6.07) is 12.8. The number of aromatic nitrogens is 2. The highest BCUT2D eigenvalue weighted by atomic mass is 79.9. The van der Waals surface area contributed by atoms with Crippen LogP contribution in [0.1, 0.15) is 0 Å². The molecule has 0 aliphatic rings. The van der Waals surface area contributed by atoms with Crippen LogP contribution in [0.2, 0.25) is 0 Å². The van der Waals surface area contributed by atoms with Crippen LogP contribution in [0.3, 0.4) is 0 Å². The molecule has 0 saturated carbocycles. The average molecular weight is 395 g/mol. The molecular weight excluding hydrogens is 384 g/mol. The maximum Gasteiger partial charge on any atom is 0.175 e. The van der Waals surface area contributed by atoms with E-state index in [0.717, 1.165) is 25.3 Å². The third-order valence-corrected chi connectivity index (χ3v) is 5.62. The first kappa shape index (κ1) is 15.5. The van der Waals surface area contributed by atoms with Crippen LogP contribution in [-0.2, 0) is 9.84 Å². The number of halogens is 1. The molecule has 0 aliphatic heterocycles. The van der Waals surface area contributed by atoms with Gasteiger partial charge in [0.05, 0.1) is 10.4 Å². The summed E-state index contributed by atoms with van der Waals surface area (Å²) in [7, 11) is -3.26. The number of fused-ring (bicyclic) bond motifs is 1. The fourth-order valence-electron chi connectivity index (χ4n) is 1.97. The quantitative estimate of drug-likeness (QED) is 0.629. The molecule has 0 aliphatic carbocycles. The normalized spacial score (nSPS) is 11.7. The Morgan fingerprint density at radius 2 is 1.91 bits per heavy atom. The molecule has 0 amide bonds. The molecule has 1 aromatic heterocycles. The maximum atomic E-state index is 11.7. The molecule has 7 heteroatoms. The number of nitrogens with zero attached hydrogens (tertiary/aromatic N) is 2. The molecule has 2 aromatic carbocycles. The monoisotopic (exact) mass is 394 g/mol. The van der Waals surface area contributed by atoms with Crippen molar-refractivity contribution in [3.63, 3.8) is 0 Å². The lowest BCUT2D eigenvalue weighted by Gasteiger charge is -2.06. The van der Waals surface area contributed by atoms with Crippen LogP contribution < -0.4 is 0 Å². The van der Waals surface area contributed by atoms with Gasteiger partial charge in [0.2, 0.25) is 0 Å². The van der Waals surface area contributed by atoms with E-state index in [9.17, 15) is 8.42 Å². The van der Waals surface area contributed by atoms with Gasteiger partial charge in [0.1, 0.15) is 11.4 Å². The number of sulfone groups is 1. The predicted octanol–water partition coefficient (Wildman–Crippen LogP) is 3.95. The van der Waals surface area contributed by atoms with E-state index in [1.807, 2.05) is 24.3 Å². The Morgan fingerprint density at radius 1 is 1.09 bits per heavy atom. The molecule has 1 heterocycles. The van der Waals surface area contributed by atoms with E-state index in [4.69, 9.17) is 0 Å². The van der Waals surface area contributed by atoms with Gasteiger partial charge in [-0.1, -0.05) is 33.8 Å². The van der Waals surface area contributed by atoms with E-state index in [0.29, 0.717) is 0 Å². The summed E-state index contributed by atoms with van der Waals surface area (Å²) in [5.74, 6) is 0. The fourth-order valence-corrected chi connectivity index (χ4v) is 4.09. The first-order valence-electron chi connectivity index (χ1n) is 6.32. The van der Waals surface area contributed by atoms with Crippen molar-refractivity contribution in [1.82, 2.24) is 9.97 Å². The molecule has 0 unspecified atom stereocenters. The van der Waals surface area contributed by atoms with Crippen molar-refractivity contribution in [3.8, 4) is 0 Å². The van der Waals surface area contributed by atoms with Crippen LogP contribution in [0.25, 0.3) is 10.9 Å². The van der Waals surface area contributed by atoms with Gasteiger partial charge < -0.3 is 0 Å². The van der Waals surface area contributed by atoms with Gasteiger partial charge in [0, 0.05) is 21.0 Å². The summed E-state index contributed by atoms with van der Waals surface area (Å²) in [6.45, 7) is 0. The van der Waals surface area contributed by atoms with E-state index in [2.05, 4.69) is 25.9 Å². The predicted molar refractivity (Wildman–Crippen MR) is 90.9 cm³/mol. The Kier molecular flexibility index (Phi) is 4.20. The smallest absolute Gasteiger partial charge is 0.175 e. The highest BCUT2D eigenvalue weighted by molar-refractivity contribution is 9.10. The molecule has 0 bridgehead atoms. The Bertz CT molecular complexity index is 959. The summed E-state index contributed by atoms with van der Waals surface area (Å²) < 4.78 is 24.5. The van der Waals surface area contributed by atoms with Crippen molar-refractivity contribution in [2.45, 2.75) is 14.8 Å². The molecule has 0 spiro atoms. The highest BCUT2D eigenvalue weighted by Crippen LogP contribution is 2.33. The van der Waals surface area contributed by atoms with Crippen LogP contribution in [0.5, 0.6) is 0 Å². The van der Waals surface area contributed by atoms with Gasteiger partial charge in [-0.2, -0.15) is 0 Å². The SMILES string of the molecule is CS(=O)(=O)c1ccc2ncnc(Sc3cccc(Br)c3)c2c1. The highest BCUT2D eigenvalue weighted by Gasteiger charge is 2.12. The molecule has 0 fully saturated rings. The fraction of sp³-hybridized carbons (Fsp3) is 0.0667. The minimum atomic E-state index is -3.26. The number of hydrogen-bond acceptors (Lipinski definition) is 5. The molecule has 4 nitrogen and oxygen atoms in total. The Morgan fingerprint density at radius 3 is 2.64 bits per heavy atom. The first-order valence-corrected chi connectivity index (χ1v) is 9.82. The van der Waals surface area contributed by atoms with E-state index in [1.54, 1.807) is 18.2 Å². The number of hydrogen-bond donors (Lipinski definition) is 0. The van der Waals surface area contributed by atoms with E-state index in [1.165, 1.54) is 24.3 Å². The Hall–Kier alpha value is -1.44. The van der Waals surface area contributed by atoms with E-state index in [-0.39, 0.29) is 4.90 Å². The molecule has 3 aromatic rings. The van der Waals surface area contributed by atoms with E-state index >= 15 is 0 Å². The van der Waals surface area contributed by atoms with Gasteiger partial charge in [0.15, 0.2) is 9.84 Å². The van der Waals surface area contributed by atoms with Crippen LogP contribution in [0, 0.1) is 0 Å². The summed E-state index contributed by atoms with van der Waals surface area (Å²) in [4.78, 5) is 9.77. The molecule has 0 atom stereocenters. The topological polar surface area (TPSA) is 59.9 Å². The van der Waals surface area contributed by atoms with Crippen LogP contribution in [-0.4, -0.2) is 24.6 Å². The van der Waals surface area contributed by atoms with Crippen molar-refractivity contribution in [1.29, 1.82) is 0 Å². The number of benzene rings is 2. The summed E-state index contributed by atoms with van der Waals surface area (Å²) in [6.07, 6.45) is 2.68. The molecule has 0 radical (unpaired) electrons. The lowest BCUT2D eigenvalue weighted by molar-refractivity contribution is 0.602. The molecule has 22 heavy (non-hydrogen) atoms. The second kappa shape index (κ2) is 5.98. The standard InChI is InChI=1S/C15H11BrN2O2S2/c1-22(19,20)12-5-6-14-13(8-12)15(18-9-17-14)21-11-4-2-3-10(16)7-11/h2-9H,1H3. The molecular formula is C15H11BrN2O2S2. The van der Waals surface area contributed by atoms with Crippen LogP contribution >= 0.6 is 27.7 Å². The molecule has 0 saturated heterocycles. The zero-order chi connectivity index (χ0) is 15.7. The summed E-state index contributed by atoms with van der Waals surface area (Å²) in [5, 5.41) is 1.46. The van der Waals surface area contributed by atoms with Crippen molar-refractivity contribution in [2.75, 3.05) is 6.26 Å². The Labute approximate surface area is 141 Å². The Balaban J connectivity index is 2.13. The van der Waals surface area contributed by atoms with Crippen molar-refractivity contribution in [2.24, 2.45) is 0 Å². The second-order valence-corrected chi connectivity index (χ2v) is 8.68. The third-order valence-electron chi connectivity index (χ3n) is 3.01. The van der Waals surface area contributed by atoms with Crippen molar-refractivity contribution >= 4 is 48.4 Å². The first-order chi connectivity index (χ1) is 10.4. The van der Waals surface area contributed by atoms with E-state index < -0.39 is 9.84 Å². The molecule has 112 valence electrons. The summed E-state index contributed by atoms with van der Waals surface area (Å²) >= 11 is 4.91. The molecule has 0 N–H and O–H groups in total. The lowest BCUT2D eigenvalue weighted by atomic mass is 10.2. The second-order valence-electron chi connectivity index (χ2n) is 4.69. The average Bonchev–Trinajstić information content (AvgIpc) is 2.46. The van der Waals surface area contributed by atoms with Crippen LogP contribution in [0.4, 0.5) is 0 Å². The summed E-state index contributed by atoms with van der Waals surface area (Å²) in [5.41, 5.74) is 0.722. The molecule has 3 rings (SSSR count). The maximum absolute atomic E-state index is 11.7. The minimum Gasteiger partial charge on any atom is -0.236 e. The van der Waals surface area contributed by atoms with Gasteiger partial charge >= 0.3 is 0 Å². The zero-order valence-corrected chi connectivity index (χ0v) is 14.7. The largest absolute Gasteiger partial charge is 0.236 e. The van der Waals surface area contributed by atoms with Gasteiger partial charge in [-0.3, -0.25) is 0 Å². The minimum absolute atomic E-state index is 0.269. The van der Waals surface area contributed by atoms with Gasteiger partial charge in [-0.05, 0) is 36.4 Å². The van der Waals surface area contributed by atoms with Crippen molar-refractivity contribution in [3.05, 3.63) is 53.3 Å². The van der Waals surface area contributed by atoms with Gasteiger partial charge in [0.25, 0.3) is 0 Å².